The van der Waals surface area contributed by atoms with E-state index in [-0.39, 0.29) is 6.61 Å². The summed E-state index contributed by atoms with van der Waals surface area (Å²) in [6.07, 6.45) is 0. The smallest absolute Gasteiger partial charge is 0.133 e. The van der Waals surface area contributed by atoms with E-state index in [2.05, 4.69) is 5.32 Å². The summed E-state index contributed by atoms with van der Waals surface area (Å²) in [4.78, 5) is 0. The van der Waals surface area contributed by atoms with E-state index < -0.39 is 0 Å². The molecule has 19 heavy (non-hydrogen) atoms. The minimum atomic E-state index is -0.0574. The van der Waals surface area contributed by atoms with Crippen LogP contribution < -0.4 is 10.1 Å². The van der Waals surface area contributed by atoms with Gasteiger partial charge >= 0.3 is 0 Å². The third-order valence-corrected chi connectivity index (χ3v) is 2.99. The van der Waals surface area contributed by atoms with Crippen LogP contribution in [0, 0.1) is 0 Å². The summed E-state index contributed by atoms with van der Waals surface area (Å²) in [7, 11) is 1.88. The first-order chi connectivity index (χ1) is 9.24. The Morgan fingerprint density at radius 2 is 1.89 bits per heavy atom. The molecule has 0 spiro atoms. The van der Waals surface area contributed by atoms with Gasteiger partial charge < -0.3 is 15.2 Å². The molecule has 4 heteroatoms. The van der Waals surface area contributed by atoms with Gasteiger partial charge in [0.25, 0.3) is 0 Å². The average Bonchev–Trinajstić information content (AvgIpc) is 2.42. The lowest BCUT2D eigenvalue weighted by molar-refractivity contribution is 0.276. The molecule has 0 amide bonds. The molecular formula is C15H16ClNO2. The number of aliphatic hydroxyl groups is 1. The van der Waals surface area contributed by atoms with E-state index in [1.807, 2.05) is 43.4 Å². The van der Waals surface area contributed by atoms with Crippen LogP contribution in [-0.4, -0.2) is 12.2 Å². The number of halogens is 1. The first-order valence-electron chi connectivity index (χ1n) is 6.04. The normalized spacial score (nSPS) is 10.5. The minimum Gasteiger partial charge on any atom is -0.457 e. The number of nitrogens with one attached hydrogen (secondary N) is 1. The Labute approximate surface area is 117 Å². The predicted octanol–water partition coefficient (Wildman–Crippen LogP) is 3.34. The number of hydrogen-bond acceptors (Lipinski definition) is 3. The Morgan fingerprint density at radius 1 is 1.11 bits per heavy atom. The fraction of sp³-hybridized carbons (Fsp3) is 0.200. The first kappa shape index (κ1) is 13.9. The second-order valence-electron chi connectivity index (χ2n) is 4.15. The average molecular weight is 278 g/mol. The molecule has 0 aromatic heterocycles. The summed E-state index contributed by atoms with van der Waals surface area (Å²) in [6.45, 7) is 0.631. The molecule has 0 radical (unpaired) electrons. The Morgan fingerprint density at radius 3 is 2.63 bits per heavy atom. The highest BCUT2D eigenvalue weighted by atomic mass is 35.5. The van der Waals surface area contributed by atoms with Gasteiger partial charge in [-0.2, -0.15) is 0 Å². The lowest BCUT2D eigenvalue weighted by atomic mass is 10.2. The minimum absolute atomic E-state index is 0.0574. The maximum absolute atomic E-state index is 9.31. The molecule has 0 fully saturated rings. The van der Waals surface area contributed by atoms with Crippen LogP contribution in [0.3, 0.4) is 0 Å². The van der Waals surface area contributed by atoms with E-state index >= 15 is 0 Å². The van der Waals surface area contributed by atoms with Crippen molar-refractivity contribution in [1.82, 2.24) is 5.32 Å². The fourth-order valence-electron chi connectivity index (χ4n) is 1.81. The quantitative estimate of drug-likeness (QED) is 0.881. The van der Waals surface area contributed by atoms with Crippen LogP contribution >= 0.6 is 11.6 Å². The van der Waals surface area contributed by atoms with Crippen LogP contribution in [0.1, 0.15) is 11.1 Å². The van der Waals surface area contributed by atoms with Crippen molar-refractivity contribution >= 4 is 11.6 Å². The van der Waals surface area contributed by atoms with Gasteiger partial charge in [-0.25, -0.2) is 0 Å². The van der Waals surface area contributed by atoms with Crippen LogP contribution in [0.25, 0.3) is 0 Å². The molecule has 2 aromatic carbocycles. The third-order valence-electron chi connectivity index (χ3n) is 2.76. The highest BCUT2D eigenvalue weighted by molar-refractivity contribution is 6.30. The van der Waals surface area contributed by atoms with Gasteiger partial charge in [-0.3, -0.25) is 0 Å². The molecule has 2 aromatic rings. The second-order valence-corrected chi connectivity index (χ2v) is 4.59. The van der Waals surface area contributed by atoms with Crippen molar-refractivity contribution in [3.05, 3.63) is 58.6 Å². The van der Waals surface area contributed by atoms with Crippen molar-refractivity contribution in [1.29, 1.82) is 0 Å². The van der Waals surface area contributed by atoms with E-state index in [1.165, 1.54) is 0 Å². The zero-order valence-corrected chi connectivity index (χ0v) is 11.4. The molecule has 2 rings (SSSR count). The molecule has 0 aliphatic heterocycles. The molecule has 0 atom stereocenters. The highest BCUT2D eigenvalue weighted by Crippen LogP contribution is 2.30. The number of ether oxygens (including phenoxy) is 1. The van der Waals surface area contributed by atoms with Crippen molar-refractivity contribution in [2.24, 2.45) is 0 Å². The van der Waals surface area contributed by atoms with Crippen LogP contribution in [-0.2, 0) is 13.2 Å². The molecule has 0 heterocycles. The Balaban J connectivity index is 2.34. The predicted molar refractivity (Wildman–Crippen MR) is 76.7 cm³/mol. The maximum atomic E-state index is 9.31. The summed E-state index contributed by atoms with van der Waals surface area (Å²) in [6, 6.07) is 12.9. The Hall–Kier alpha value is -1.55. The lowest BCUT2D eigenvalue weighted by Gasteiger charge is -2.13. The van der Waals surface area contributed by atoms with E-state index in [4.69, 9.17) is 16.3 Å². The summed E-state index contributed by atoms with van der Waals surface area (Å²) in [5, 5.41) is 13.0. The zero-order chi connectivity index (χ0) is 13.7. The maximum Gasteiger partial charge on any atom is 0.133 e. The van der Waals surface area contributed by atoms with E-state index in [0.29, 0.717) is 23.1 Å². The van der Waals surface area contributed by atoms with Crippen molar-refractivity contribution < 1.29 is 9.84 Å². The summed E-state index contributed by atoms with van der Waals surface area (Å²) >= 11 is 6.01. The number of hydrogen-bond donors (Lipinski definition) is 2. The highest BCUT2D eigenvalue weighted by Gasteiger charge is 2.08. The van der Waals surface area contributed by atoms with Gasteiger partial charge in [0.2, 0.25) is 0 Å². The number of para-hydroxylation sites is 1. The third kappa shape index (κ3) is 3.47. The summed E-state index contributed by atoms with van der Waals surface area (Å²) < 4.78 is 5.88. The molecule has 3 nitrogen and oxygen atoms in total. The fourth-order valence-corrected chi connectivity index (χ4v) is 1.97. The number of aliphatic hydroxyl groups excluding tert-OH is 1. The standard InChI is InChI=1S/C15H16ClNO2/c1-17-9-11-6-7-13(16)8-15(11)19-14-5-3-2-4-12(14)10-18/h2-8,17-18H,9-10H2,1H3. The number of rotatable bonds is 5. The van der Waals surface area contributed by atoms with E-state index in [0.717, 1.165) is 11.1 Å². The van der Waals surface area contributed by atoms with Gasteiger partial charge in [0.1, 0.15) is 11.5 Å². The molecule has 0 unspecified atom stereocenters. The first-order valence-corrected chi connectivity index (χ1v) is 6.42. The number of benzene rings is 2. The van der Waals surface area contributed by atoms with Gasteiger partial charge in [-0.15, -0.1) is 0 Å². The molecule has 0 saturated heterocycles. The second kappa shape index (κ2) is 6.57. The molecular weight excluding hydrogens is 262 g/mol. The van der Waals surface area contributed by atoms with Crippen LogP contribution in [0.15, 0.2) is 42.5 Å². The molecule has 0 bridgehead atoms. The van der Waals surface area contributed by atoms with E-state index in [1.54, 1.807) is 6.07 Å². The molecule has 0 saturated carbocycles. The van der Waals surface area contributed by atoms with Crippen molar-refractivity contribution in [3.8, 4) is 11.5 Å². The van der Waals surface area contributed by atoms with Gasteiger partial charge in [0, 0.05) is 22.7 Å². The van der Waals surface area contributed by atoms with Crippen molar-refractivity contribution in [2.75, 3.05) is 7.05 Å². The molecule has 2 N–H and O–H groups in total. The van der Waals surface area contributed by atoms with Crippen molar-refractivity contribution in [2.45, 2.75) is 13.2 Å². The largest absolute Gasteiger partial charge is 0.457 e. The topological polar surface area (TPSA) is 41.5 Å². The van der Waals surface area contributed by atoms with Crippen LogP contribution in [0.5, 0.6) is 11.5 Å². The SMILES string of the molecule is CNCc1ccc(Cl)cc1Oc1ccccc1CO. The van der Waals surface area contributed by atoms with Gasteiger partial charge in [-0.1, -0.05) is 35.9 Å². The molecule has 100 valence electrons. The van der Waals surface area contributed by atoms with Gasteiger partial charge in [0.15, 0.2) is 0 Å². The van der Waals surface area contributed by atoms with Crippen LogP contribution in [0.4, 0.5) is 0 Å². The summed E-state index contributed by atoms with van der Waals surface area (Å²) in [5.74, 6) is 1.34. The van der Waals surface area contributed by atoms with Gasteiger partial charge in [0.05, 0.1) is 6.61 Å². The van der Waals surface area contributed by atoms with Crippen molar-refractivity contribution in [3.63, 3.8) is 0 Å². The van der Waals surface area contributed by atoms with Crippen LogP contribution in [0.2, 0.25) is 5.02 Å². The van der Waals surface area contributed by atoms with Gasteiger partial charge in [-0.05, 0) is 25.2 Å². The Bertz CT molecular complexity index is 558. The Kier molecular flexibility index (Phi) is 4.80. The lowest BCUT2D eigenvalue weighted by Crippen LogP contribution is -2.06. The molecule has 0 aliphatic carbocycles. The monoisotopic (exact) mass is 277 g/mol. The zero-order valence-electron chi connectivity index (χ0n) is 10.7. The summed E-state index contributed by atoms with van der Waals surface area (Å²) in [5.41, 5.74) is 1.76. The van der Waals surface area contributed by atoms with E-state index in [9.17, 15) is 5.11 Å². The molecule has 0 aliphatic rings.